The second kappa shape index (κ2) is 7.48. The smallest absolute Gasteiger partial charge is 0.320 e. The summed E-state index contributed by atoms with van der Waals surface area (Å²) >= 11 is 0. The summed E-state index contributed by atoms with van der Waals surface area (Å²) in [5.41, 5.74) is 0. The van der Waals surface area contributed by atoms with Gasteiger partial charge in [0, 0.05) is 6.04 Å². The maximum Gasteiger partial charge on any atom is 0.320 e. The first kappa shape index (κ1) is 16.0. The second-order valence-electron chi connectivity index (χ2n) is 5.29. The molecule has 0 aromatic rings. The van der Waals surface area contributed by atoms with E-state index in [2.05, 4.69) is 19.2 Å². The van der Waals surface area contributed by atoms with Gasteiger partial charge in [-0.1, -0.05) is 26.7 Å². The molecule has 1 unspecified atom stereocenters. The second-order valence-corrected chi connectivity index (χ2v) is 5.29. The van der Waals surface area contributed by atoms with Gasteiger partial charge in [-0.2, -0.15) is 0 Å². The van der Waals surface area contributed by atoms with Crippen molar-refractivity contribution in [3.8, 4) is 0 Å². The number of hydrogen-bond donors (Lipinski definition) is 2. The van der Waals surface area contributed by atoms with E-state index < -0.39 is 12.0 Å². The highest BCUT2D eigenvalue weighted by molar-refractivity contribution is 5.79. The van der Waals surface area contributed by atoms with Crippen LogP contribution in [0.15, 0.2) is 0 Å². The van der Waals surface area contributed by atoms with Crippen LogP contribution in [0.1, 0.15) is 46.0 Å². The van der Waals surface area contributed by atoms with E-state index in [4.69, 9.17) is 9.84 Å². The van der Waals surface area contributed by atoms with E-state index in [-0.39, 0.29) is 17.9 Å². The number of rotatable bonds is 7. The Bertz CT molecular complexity index is 315. The fourth-order valence-corrected chi connectivity index (χ4v) is 2.84. The van der Waals surface area contributed by atoms with Gasteiger partial charge in [-0.3, -0.25) is 9.59 Å². The minimum absolute atomic E-state index is 0.0749. The molecule has 1 heterocycles. The van der Waals surface area contributed by atoms with Crippen molar-refractivity contribution in [1.82, 2.24) is 5.32 Å². The molecule has 1 fully saturated rings. The Kier molecular flexibility index (Phi) is 6.28. The molecular weight excluding hydrogens is 246 g/mol. The van der Waals surface area contributed by atoms with E-state index in [0.717, 1.165) is 25.7 Å². The summed E-state index contributed by atoms with van der Waals surface area (Å²) in [6.07, 6.45) is 4.42. The maximum absolute atomic E-state index is 11.7. The summed E-state index contributed by atoms with van der Waals surface area (Å²) in [6.45, 7) is 4.32. The first-order valence-electron chi connectivity index (χ1n) is 7.10. The Morgan fingerprint density at radius 2 is 2.00 bits per heavy atom. The molecule has 1 saturated heterocycles. The number of hydrogen-bond acceptors (Lipinski definition) is 4. The molecule has 2 N–H and O–H groups in total. The Hall–Kier alpha value is -1.10. The topological polar surface area (TPSA) is 75.6 Å². The van der Waals surface area contributed by atoms with Gasteiger partial charge in [0.15, 0.2) is 0 Å². The molecular formula is C14H25NO4. The average molecular weight is 271 g/mol. The van der Waals surface area contributed by atoms with Crippen LogP contribution < -0.4 is 5.32 Å². The zero-order chi connectivity index (χ0) is 14.4. The van der Waals surface area contributed by atoms with Crippen LogP contribution in [0.25, 0.3) is 0 Å². The summed E-state index contributed by atoms with van der Waals surface area (Å²) in [4.78, 5) is 22.8. The number of methoxy groups -OCH3 is 1. The van der Waals surface area contributed by atoms with Gasteiger partial charge in [0.1, 0.15) is 6.04 Å². The van der Waals surface area contributed by atoms with Gasteiger partial charge in [0.25, 0.3) is 0 Å². The maximum atomic E-state index is 11.7. The predicted octanol–water partition coefficient (Wildman–Crippen LogP) is 1.81. The lowest BCUT2D eigenvalue weighted by molar-refractivity contribution is -0.145. The first-order valence-corrected chi connectivity index (χ1v) is 7.10. The molecule has 1 rings (SSSR count). The van der Waals surface area contributed by atoms with Crippen LogP contribution in [0.4, 0.5) is 0 Å². The van der Waals surface area contributed by atoms with Gasteiger partial charge in [0.05, 0.1) is 13.0 Å². The van der Waals surface area contributed by atoms with Crippen LogP contribution in [0.2, 0.25) is 0 Å². The largest absolute Gasteiger partial charge is 0.480 e. The fourth-order valence-electron chi connectivity index (χ4n) is 2.84. The SMILES string of the molecule is CCC(CC)CCC1N[C@@H](C(=O)O)C[C@H]1C(=O)OC. The fraction of sp³-hybridized carbons (Fsp3) is 0.857. The van der Waals surface area contributed by atoms with Crippen LogP contribution in [0.5, 0.6) is 0 Å². The highest BCUT2D eigenvalue weighted by atomic mass is 16.5. The Labute approximate surface area is 114 Å². The number of esters is 1. The van der Waals surface area contributed by atoms with Gasteiger partial charge in [-0.25, -0.2) is 0 Å². The van der Waals surface area contributed by atoms with Crippen molar-refractivity contribution < 1.29 is 19.4 Å². The monoisotopic (exact) mass is 271 g/mol. The Morgan fingerprint density at radius 3 is 2.47 bits per heavy atom. The zero-order valence-corrected chi connectivity index (χ0v) is 12.0. The molecule has 5 heteroatoms. The highest BCUT2D eigenvalue weighted by Crippen LogP contribution is 2.27. The van der Waals surface area contributed by atoms with E-state index in [9.17, 15) is 9.59 Å². The number of carbonyl (C=O) groups is 2. The van der Waals surface area contributed by atoms with Crippen molar-refractivity contribution in [2.24, 2.45) is 11.8 Å². The lowest BCUT2D eigenvalue weighted by Crippen LogP contribution is -2.37. The molecule has 0 aliphatic carbocycles. The van der Waals surface area contributed by atoms with Gasteiger partial charge < -0.3 is 15.2 Å². The average Bonchev–Trinajstić information content (AvgIpc) is 2.83. The number of carboxylic acid groups (broad SMARTS) is 1. The number of aliphatic carboxylic acids is 1. The molecule has 0 saturated carbocycles. The minimum atomic E-state index is -0.890. The molecule has 0 aromatic carbocycles. The number of carbonyl (C=O) groups excluding carboxylic acids is 1. The van der Waals surface area contributed by atoms with Gasteiger partial charge >= 0.3 is 11.9 Å². The summed E-state index contributed by atoms with van der Waals surface area (Å²) in [6, 6.07) is -0.704. The van der Waals surface area contributed by atoms with Crippen molar-refractivity contribution in [3.05, 3.63) is 0 Å². The molecule has 1 aliphatic heterocycles. The lowest BCUT2D eigenvalue weighted by atomic mass is 9.90. The number of ether oxygens (including phenoxy) is 1. The van der Waals surface area contributed by atoms with Crippen LogP contribution >= 0.6 is 0 Å². The molecule has 0 amide bonds. The summed E-state index contributed by atoms with van der Waals surface area (Å²) in [5, 5.41) is 12.1. The van der Waals surface area contributed by atoms with E-state index in [1.807, 2.05) is 0 Å². The van der Waals surface area contributed by atoms with E-state index in [1.54, 1.807) is 0 Å². The van der Waals surface area contributed by atoms with Gasteiger partial charge in [0.2, 0.25) is 0 Å². The third kappa shape index (κ3) is 4.20. The van der Waals surface area contributed by atoms with E-state index >= 15 is 0 Å². The predicted molar refractivity (Wildman–Crippen MR) is 71.8 cm³/mol. The van der Waals surface area contributed by atoms with Crippen LogP contribution in [0, 0.1) is 11.8 Å². The molecule has 3 atom stereocenters. The van der Waals surface area contributed by atoms with Crippen LogP contribution in [-0.4, -0.2) is 36.2 Å². The summed E-state index contributed by atoms with van der Waals surface area (Å²) in [7, 11) is 1.36. The lowest BCUT2D eigenvalue weighted by Gasteiger charge is -2.20. The summed E-state index contributed by atoms with van der Waals surface area (Å²) in [5.74, 6) is -0.880. The third-order valence-electron chi connectivity index (χ3n) is 4.23. The normalized spacial score (nSPS) is 26.6. The van der Waals surface area contributed by atoms with E-state index in [0.29, 0.717) is 12.3 Å². The first-order chi connectivity index (χ1) is 9.03. The molecule has 0 spiro atoms. The van der Waals surface area contributed by atoms with Crippen molar-refractivity contribution in [1.29, 1.82) is 0 Å². The van der Waals surface area contributed by atoms with Crippen molar-refractivity contribution >= 4 is 11.9 Å². The van der Waals surface area contributed by atoms with Crippen molar-refractivity contribution in [2.45, 2.75) is 58.0 Å². The Morgan fingerprint density at radius 1 is 1.37 bits per heavy atom. The molecule has 5 nitrogen and oxygen atoms in total. The van der Waals surface area contributed by atoms with Gasteiger partial charge in [-0.15, -0.1) is 0 Å². The van der Waals surface area contributed by atoms with E-state index in [1.165, 1.54) is 7.11 Å². The molecule has 0 bridgehead atoms. The Balaban J connectivity index is 2.61. The van der Waals surface area contributed by atoms with Gasteiger partial charge in [-0.05, 0) is 25.2 Å². The highest BCUT2D eigenvalue weighted by Gasteiger charge is 2.41. The molecule has 1 aliphatic rings. The molecule has 0 radical (unpaired) electrons. The minimum Gasteiger partial charge on any atom is -0.480 e. The summed E-state index contributed by atoms with van der Waals surface area (Å²) < 4.78 is 4.78. The van der Waals surface area contributed by atoms with Crippen molar-refractivity contribution in [2.75, 3.05) is 7.11 Å². The van der Waals surface area contributed by atoms with Crippen LogP contribution in [0.3, 0.4) is 0 Å². The quantitative estimate of drug-likeness (QED) is 0.691. The van der Waals surface area contributed by atoms with Crippen molar-refractivity contribution in [3.63, 3.8) is 0 Å². The third-order valence-corrected chi connectivity index (χ3v) is 4.23. The zero-order valence-electron chi connectivity index (χ0n) is 12.0. The number of carboxylic acids is 1. The molecule has 110 valence electrons. The number of nitrogens with one attached hydrogen (secondary N) is 1. The van der Waals surface area contributed by atoms with Crippen LogP contribution in [-0.2, 0) is 14.3 Å². The molecule has 0 aromatic heterocycles. The standard InChI is InChI=1S/C14H25NO4/c1-4-9(5-2)6-7-11-10(14(18)19-3)8-12(15-11)13(16)17/h9-12,15H,4-8H2,1-3H3,(H,16,17)/t10-,11?,12-/m1/s1. The molecule has 19 heavy (non-hydrogen) atoms.